The third kappa shape index (κ3) is 5.41. The molecule has 0 aliphatic heterocycles. The molecule has 1 aliphatic carbocycles. The number of allylic oxidation sites excluding steroid dienone is 4. The average molecular weight is 807 g/mol. The summed E-state index contributed by atoms with van der Waals surface area (Å²) in [5.41, 5.74) is 12.5. The lowest BCUT2D eigenvalue weighted by molar-refractivity contribution is 0.999. The van der Waals surface area contributed by atoms with E-state index in [2.05, 4.69) is 202 Å². The summed E-state index contributed by atoms with van der Waals surface area (Å²) in [6.07, 6.45) is 8.55. The van der Waals surface area contributed by atoms with E-state index in [0.29, 0.717) is 17.5 Å². The summed E-state index contributed by atoms with van der Waals surface area (Å²) in [4.78, 5) is 16.1. The van der Waals surface area contributed by atoms with Crippen molar-refractivity contribution in [1.29, 1.82) is 0 Å². The van der Waals surface area contributed by atoms with E-state index in [0.717, 1.165) is 79.7 Å². The van der Waals surface area contributed by atoms with Crippen molar-refractivity contribution >= 4 is 71.0 Å². The fourth-order valence-corrected chi connectivity index (χ4v) is 10.0. The smallest absolute Gasteiger partial charge is 0.166 e. The van der Waals surface area contributed by atoms with Crippen LogP contribution in [0.15, 0.2) is 206 Å². The van der Waals surface area contributed by atoms with Crippen LogP contribution in [0.1, 0.15) is 18.7 Å². The van der Waals surface area contributed by atoms with Gasteiger partial charge in [0.25, 0.3) is 0 Å². The van der Waals surface area contributed by atoms with Gasteiger partial charge in [-0.3, -0.25) is 0 Å². The molecule has 4 heterocycles. The number of nitrogens with zero attached hydrogens (tertiary/aromatic N) is 6. The highest BCUT2D eigenvalue weighted by atomic mass is 15.1. The van der Waals surface area contributed by atoms with E-state index in [1.807, 2.05) is 18.2 Å². The van der Waals surface area contributed by atoms with Crippen LogP contribution in [0.5, 0.6) is 0 Å². The van der Waals surface area contributed by atoms with Crippen molar-refractivity contribution in [3.05, 3.63) is 212 Å². The number of hydrogen-bond acceptors (Lipinski definition) is 3. The van der Waals surface area contributed by atoms with Crippen molar-refractivity contribution in [1.82, 2.24) is 28.7 Å². The number of para-hydroxylation sites is 6. The fourth-order valence-electron chi connectivity index (χ4n) is 10.0. The maximum atomic E-state index is 5.45. The molecule has 296 valence electrons. The summed E-state index contributed by atoms with van der Waals surface area (Å²) in [5, 5.41) is 7.12. The number of hydrogen-bond donors (Lipinski definition) is 0. The number of fused-ring (bicyclic) bond motifs is 9. The Hall–Kier alpha value is -8.35. The topological polar surface area (TPSA) is 53.5 Å². The lowest BCUT2D eigenvalue weighted by atomic mass is 10.0. The predicted molar refractivity (Wildman–Crippen MR) is 260 cm³/mol. The maximum absolute atomic E-state index is 5.45. The van der Waals surface area contributed by atoms with Crippen molar-refractivity contribution in [2.45, 2.75) is 12.8 Å². The van der Waals surface area contributed by atoms with Crippen LogP contribution in [0.2, 0.25) is 0 Å². The quantitative estimate of drug-likeness (QED) is 0.168. The van der Waals surface area contributed by atoms with Crippen molar-refractivity contribution in [3.63, 3.8) is 0 Å². The van der Waals surface area contributed by atoms with E-state index in [9.17, 15) is 0 Å². The summed E-state index contributed by atoms with van der Waals surface area (Å²) in [6, 6.07) is 67.4. The molecule has 13 rings (SSSR count). The highest BCUT2D eigenvalue weighted by Gasteiger charge is 2.29. The second-order valence-electron chi connectivity index (χ2n) is 16.3. The molecule has 0 amide bonds. The third-order valence-electron chi connectivity index (χ3n) is 12.7. The van der Waals surface area contributed by atoms with Crippen molar-refractivity contribution in [3.8, 4) is 39.8 Å². The first-order valence-electron chi connectivity index (χ1n) is 21.6. The molecule has 4 aromatic heterocycles. The first kappa shape index (κ1) is 35.4. The summed E-state index contributed by atoms with van der Waals surface area (Å²) in [6.45, 7) is 0. The van der Waals surface area contributed by atoms with E-state index in [-0.39, 0.29) is 0 Å². The van der Waals surface area contributed by atoms with Crippen molar-refractivity contribution in [2.24, 2.45) is 0 Å². The Balaban J connectivity index is 1.28. The fraction of sp³-hybridized carbons (Fsp3) is 0.0351. The van der Waals surface area contributed by atoms with Gasteiger partial charge < -0.3 is 13.7 Å². The van der Waals surface area contributed by atoms with E-state index < -0.39 is 0 Å². The van der Waals surface area contributed by atoms with E-state index in [1.54, 1.807) is 0 Å². The normalized spacial score (nSPS) is 13.0. The molecule has 0 spiro atoms. The molecular formula is C57H38N6. The molecule has 0 atom stereocenters. The van der Waals surface area contributed by atoms with Gasteiger partial charge in [-0.1, -0.05) is 158 Å². The summed E-state index contributed by atoms with van der Waals surface area (Å²) in [5.74, 6) is 1.90. The van der Waals surface area contributed by atoms with Crippen LogP contribution < -0.4 is 0 Å². The van der Waals surface area contributed by atoms with Gasteiger partial charge in [0, 0.05) is 49.0 Å². The second-order valence-corrected chi connectivity index (χ2v) is 16.3. The molecule has 6 nitrogen and oxygen atoms in total. The number of aromatic nitrogens is 6. The molecule has 8 aromatic carbocycles. The predicted octanol–water partition coefficient (Wildman–Crippen LogP) is 14.2. The lowest BCUT2D eigenvalue weighted by Gasteiger charge is -2.24. The highest BCUT2D eigenvalue weighted by molar-refractivity contribution is 6.14. The van der Waals surface area contributed by atoms with Crippen LogP contribution in [0.3, 0.4) is 0 Å². The van der Waals surface area contributed by atoms with Gasteiger partial charge in [0.15, 0.2) is 17.5 Å². The van der Waals surface area contributed by atoms with Crippen LogP contribution in [0.25, 0.3) is 111 Å². The molecule has 0 bridgehead atoms. The van der Waals surface area contributed by atoms with Gasteiger partial charge in [0.1, 0.15) is 0 Å². The monoisotopic (exact) mass is 806 g/mol. The number of benzene rings is 8. The van der Waals surface area contributed by atoms with Gasteiger partial charge in [0.05, 0.1) is 50.2 Å². The molecule has 63 heavy (non-hydrogen) atoms. The summed E-state index contributed by atoms with van der Waals surface area (Å²) in [7, 11) is 0. The Labute approximate surface area is 363 Å². The van der Waals surface area contributed by atoms with Gasteiger partial charge in [-0.05, 0) is 61.4 Å². The molecule has 0 radical (unpaired) electrons. The van der Waals surface area contributed by atoms with Crippen LogP contribution in [0.4, 0.5) is 0 Å². The Morgan fingerprint density at radius 1 is 0.333 bits per heavy atom. The zero-order valence-corrected chi connectivity index (χ0v) is 34.2. The molecule has 6 heteroatoms. The van der Waals surface area contributed by atoms with Crippen LogP contribution >= 0.6 is 0 Å². The summed E-state index contributed by atoms with van der Waals surface area (Å²) >= 11 is 0. The van der Waals surface area contributed by atoms with Crippen LogP contribution in [-0.4, -0.2) is 28.7 Å². The van der Waals surface area contributed by atoms with Gasteiger partial charge >= 0.3 is 0 Å². The molecule has 0 N–H and O–H groups in total. The molecule has 0 saturated heterocycles. The zero-order chi connectivity index (χ0) is 41.4. The van der Waals surface area contributed by atoms with Gasteiger partial charge in [-0.15, -0.1) is 0 Å². The van der Waals surface area contributed by atoms with E-state index in [4.69, 9.17) is 15.0 Å². The Bertz CT molecular complexity index is 3700. The molecule has 0 unspecified atom stereocenters. The first-order valence-corrected chi connectivity index (χ1v) is 21.6. The van der Waals surface area contributed by atoms with Gasteiger partial charge in [-0.2, -0.15) is 0 Å². The van der Waals surface area contributed by atoms with Gasteiger partial charge in [-0.25, -0.2) is 15.0 Å². The Kier molecular flexibility index (Phi) is 7.93. The maximum Gasteiger partial charge on any atom is 0.166 e. The zero-order valence-electron chi connectivity index (χ0n) is 34.2. The molecule has 0 fully saturated rings. The molecule has 12 aromatic rings. The van der Waals surface area contributed by atoms with E-state index in [1.165, 1.54) is 32.3 Å². The number of rotatable bonds is 6. The lowest BCUT2D eigenvalue weighted by Crippen LogP contribution is -2.12. The van der Waals surface area contributed by atoms with Crippen LogP contribution in [-0.2, 0) is 0 Å². The summed E-state index contributed by atoms with van der Waals surface area (Å²) < 4.78 is 7.40. The molecular weight excluding hydrogens is 769 g/mol. The van der Waals surface area contributed by atoms with Crippen molar-refractivity contribution < 1.29 is 0 Å². The minimum atomic E-state index is 0.603. The largest absolute Gasteiger partial charge is 0.307 e. The van der Waals surface area contributed by atoms with E-state index >= 15 is 0 Å². The minimum Gasteiger partial charge on any atom is -0.307 e. The third-order valence-corrected chi connectivity index (χ3v) is 12.7. The average Bonchev–Trinajstić information content (AvgIpc) is 4.00. The van der Waals surface area contributed by atoms with Crippen molar-refractivity contribution in [2.75, 3.05) is 0 Å². The van der Waals surface area contributed by atoms with Crippen LogP contribution in [0, 0.1) is 0 Å². The first-order chi connectivity index (χ1) is 31.3. The highest BCUT2D eigenvalue weighted by Crippen LogP contribution is 2.46. The molecule has 1 aliphatic rings. The molecule has 0 saturated carbocycles. The SMILES string of the molecule is C1=CC(c2nc(-c3ccccc3)nc(-c3ccc(-n4c5ccccc5c5ccccc54)c(-n4c5ccccc5c5ccccc54)c3-n3c4ccccc4c4ccccc43)n2)=CCC1. The Morgan fingerprint density at radius 3 is 1.22 bits per heavy atom. The minimum absolute atomic E-state index is 0.603. The second kappa shape index (κ2) is 14.1. The Morgan fingerprint density at radius 2 is 0.746 bits per heavy atom. The standard InChI is InChI=1S/C57H38N6/c1-3-19-37(20-4-1)55-58-56(38-21-5-2-6-22-38)60-57(59-55)45-35-36-52(61-46-29-13-7-23-39(46)40-24-8-14-30-47(40)61)54(63-50-33-17-11-27-43(50)44-28-12-18-34-51(44)63)53(45)62-48-31-15-9-25-41(48)42-26-10-16-32-49(42)62/h1,3-5,7-36H,2,6H2. The van der Waals surface area contributed by atoms with Gasteiger partial charge in [0.2, 0.25) is 0 Å².